The van der Waals surface area contributed by atoms with Crippen molar-refractivity contribution in [2.24, 2.45) is 0 Å². The Balaban J connectivity index is 2.13. The summed E-state index contributed by atoms with van der Waals surface area (Å²) in [6, 6.07) is 0.151. The van der Waals surface area contributed by atoms with Crippen molar-refractivity contribution in [2.45, 2.75) is 50.8 Å². The number of hydrogen-bond acceptors (Lipinski definition) is 4. The molecule has 1 saturated heterocycles. The Kier molecular flexibility index (Phi) is 6.17. The Morgan fingerprint density at radius 3 is 2.40 bits per heavy atom. The molecule has 1 aliphatic rings. The van der Waals surface area contributed by atoms with Crippen molar-refractivity contribution in [3.8, 4) is 0 Å². The van der Waals surface area contributed by atoms with Crippen LogP contribution in [0.25, 0.3) is 0 Å². The summed E-state index contributed by atoms with van der Waals surface area (Å²) in [6.45, 7) is 1.27. The zero-order valence-corrected chi connectivity index (χ0v) is 9.31. The summed E-state index contributed by atoms with van der Waals surface area (Å²) in [7, 11) is 0. The maximum absolute atomic E-state index is 9.67. The van der Waals surface area contributed by atoms with Gasteiger partial charge >= 0.3 is 0 Å². The fraction of sp³-hybridized carbons (Fsp3) is 1.00. The zero-order valence-electron chi connectivity index (χ0n) is 9.31. The molecule has 4 nitrogen and oxygen atoms in total. The zero-order chi connectivity index (χ0) is 11.1. The van der Waals surface area contributed by atoms with E-state index in [1.165, 1.54) is 0 Å². The van der Waals surface area contributed by atoms with Crippen LogP contribution >= 0.6 is 0 Å². The van der Waals surface area contributed by atoms with E-state index in [-0.39, 0.29) is 25.5 Å². The molecule has 90 valence electrons. The van der Waals surface area contributed by atoms with Crippen molar-refractivity contribution in [3.63, 3.8) is 0 Å². The molecule has 4 heteroatoms. The molecule has 0 radical (unpaired) electrons. The van der Waals surface area contributed by atoms with Crippen molar-refractivity contribution in [2.75, 3.05) is 19.8 Å². The SMILES string of the molecule is OCCCCCCN1C(O)CCC1CO. The largest absolute Gasteiger partial charge is 0.396 e. The van der Waals surface area contributed by atoms with Crippen molar-refractivity contribution in [1.82, 2.24) is 4.90 Å². The summed E-state index contributed by atoms with van der Waals surface area (Å²) in [5.41, 5.74) is 0. The first kappa shape index (κ1) is 12.9. The van der Waals surface area contributed by atoms with E-state index in [9.17, 15) is 5.11 Å². The molecule has 0 spiro atoms. The van der Waals surface area contributed by atoms with E-state index in [2.05, 4.69) is 0 Å². The van der Waals surface area contributed by atoms with Crippen molar-refractivity contribution < 1.29 is 15.3 Å². The minimum absolute atomic E-state index is 0.147. The standard InChI is InChI=1S/C11H23NO3/c13-8-4-2-1-3-7-12-10(9-14)5-6-11(12)15/h10-11,13-15H,1-9H2. The van der Waals surface area contributed by atoms with Crippen LogP contribution in [-0.2, 0) is 0 Å². The molecule has 15 heavy (non-hydrogen) atoms. The highest BCUT2D eigenvalue weighted by Gasteiger charge is 2.30. The molecule has 0 bridgehead atoms. The molecule has 0 aromatic heterocycles. The van der Waals surface area contributed by atoms with E-state index in [1.807, 2.05) is 4.90 Å². The van der Waals surface area contributed by atoms with Gasteiger partial charge in [-0.1, -0.05) is 12.8 Å². The second-order valence-corrected chi connectivity index (χ2v) is 4.27. The Morgan fingerprint density at radius 1 is 1.00 bits per heavy atom. The fourth-order valence-electron chi connectivity index (χ4n) is 2.20. The highest BCUT2D eigenvalue weighted by atomic mass is 16.3. The van der Waals surface area contributed by atoms with Gasteiger partial charge in [0.25, 0.3) is 0 Å². The maximum Gasteiger partial charge on any atom is 0.107 e. The van der Waals surface area contributed by atoms with E-state index < -0.39 is 0 Å². The smallest absolute Gasteiger partial charge is 0.107 e. The van der Waals surface area contributed by atoms with E-state index in [0.29, 0.717) is 0 Å². The molecule has 0 saturated carbocycles. The van der Waals surface area contributed by atoms with Gasteiger partial charge in [0.1, 0.15) is 6.23 Å². The van der Waals surface area contributed by atoms with Crippen LogP contribution in [0.1, 0.15) is 38.5 Å². The summed E-state index contributed by atoms with van der Waals surface area (Å²) in [6.07, 6.45) is 5.35. The topological polar surface area (TPSA) is 63.9 Å². The first-order chi connectivity index (χ1) is 7.29. The number of aliphatic hydroxyl groups excluding tert-OH is 3. The average molecular weight is 217 g/mol. The van der Waals surface area contributed by atoms with Gasteiger partial charge in [0.05, 0.1) is 6.61 Å². The minimum atomic E-state index is -0.361. The van der Waals surface area contributed by atoms with Crippen LogP contribution < -0.4 is 0 Å². The molecular formula is C11H23NO3. The second kappa shape index (κ2) is 7.17. The maximum atomic E-state index is 9.67. The summed E-state index contributed by atoms with van der Waals surface area (Å²) in [5, 5.41) is 27.4. The fourth-order valence-corrected chi connectivity index (χ4v) is 2.20. The third-order valence-corrected chi connectivity index (χ3v) is 3.15. The van der Waals surface area contributed by atoms with E-state index >= 15 is 0 Å². The number of unbranched alkanes of at least 4 members (excludes halogenated alkanes) is 3. The van der Waals surface area contributed by atoms with E-state index in [4.69, 9.17) is 10.2 Å². The number of rotatable bonds is 7. The number of aliphatic hydroxyl groups is 3. The summed E-state index contributed by atoms with van der Waals surface area (Å²) in [5.74, 6) is 0. The van der Waals surface area contributed by atoms with Crippen LogP contribution in [0.5, 0.6) is 0 Å². The molecule has 1 heterocycles. The lowest BCUT2D eigenvalue weighted by molar-refractivity contribution is 0.00353. The van der Waals surface area contributed by atoms with Crippen LogP contribution in [0.15, 0.2) is 0 Å². The molecule has 1 rings (SSSR count). The molecule has 0 aromatic carbocycles. The van der Waals surface area contributed by atoms with Gasteiger partial charge < -0.3 is 15.3 Å². The summed E-state index contributed by atoms with van der Waals surface area (Å²) in [4.78, 5) is 2.00. The predicted octanol–water partition coefficient (Wildman–Crippen LogP) is 0.314. The molecule has 2 atom stereocenters. The second-order valence-electron chi connectivity index (χ2n) is 4.27. The van der Waals surface area contributed by atoms with Gasteiger partial charge in [-0.3, -0.25) is 4.90 Å². The molecule has 1 fully saturated rings. The lowest BCUT2D eigenvalue weighted by atomic mass is 10.2. The van der Waals surface area contributed by atoms with Crippen LogP contribution in [0, 0.1) is 0 Å². The molecule has 3 N–H and O–H groups in total. The summed E-state index contributed by atoms with van der Waals surface area (Å²) < 4.78 is 0. The third-order valence-electron chi connectivity index (χ3n) is 3.15. The van der Waals surface area contributed by atoms with Crippen LogP contribution in [0.2, 0.25) is 0 Å². The van der Waals surface area contributed by atoms with Gasteiger partial charge in [-0.2, -0.15) is 0 Å². The highest BCUT2D eigenvalue weighted by molar-refractivity contribution is 4.81. The lowest BCUT2D eigenvalue weighted by Crippen LogP contribution is -2.38. The van der Waals surface area contributed by atoms with Gasteiger partial charge in [-0.15, -0.1) is 0 Å². The van der Waals surface area contributed by atoms with E-state index in [0.717, 1.165) is 45.1 Å². The molecule has 2 unspecified atom stereocenters. The van der Waals surface area contributed by atoms with E-state index in [1.54, 1.807) is 0 Å². The van der Waals surface area contributed by atoms with Gasteiger partial charge in [0, 0.05) is 19.2 Å². The molecule has 0 amide bonds. The monoisotopic (exact) mass is 217 g/mol. The van der Waals surface area contributed by atoms with Gasteiger partial charge in [0.15, 0.2) is 0 Å². The van der Waals surface area contributed by atoms with Crippen molar-refractivity contribution in [1.29, 1.82) is 0 Å². The highest BCUT2D eigenvalue weighted by Crippen LogP contribution is 2.22. The summed E-state index contributed by atoms with van der Waals surface area (Å²) >= 11 is 0. The minimum Gasteiger partial charge on any atom is -0.396 e. The molecule has 1 aliphatic heterocycles. The Labute approximate surface area is 91.5 Å². The molecule has 0 aromatic rings. The third kappa shape index (κ3) is 4.07. The number of nitrogens with zero attached hydrogens (tertiary/aromatic N) is 1. The normalized spacial score (nSPS) is 27.4. The lowest BCUT2D eigenvalue weighted by Gasteiger charge is -2.25. The Morgan fingerprint density at radius 2 is 1.73 bits per heavy atom. The first-order valence-electron chi connectivity index (χ1n) is 5.95. The average Bonchev–Trinajstić information content (AvgIpc) is 2.60. The predicted molar refractivity (Wildman–Crippen MR) is 58.4 cm³/mol. The molecule has 0 aliphatic carbocycles. The van der Waals surface area contributed by atoms with Crippen LogP contribution in [-0.4, -0.2) is 52.2 Å². The van der Waals surface area contributed by atoms with Gasteiger partial charge in [0.2, 0.25) is 0 Å². The number of likely N-dealkylation sites (tertiary alicyclic amines) is 1. The van der Waals surface area contributed by atoms with Crippen LogP contribution in [0.4, 0.5) is 0 Å². The van der Waals surface area contributed by atoms with Crippen molar-refractivity contribution in [3.05, 3.63) is 0 Å². The quantitative estimate of drug-likeness (QED) is 0.537. The van der Waals surface area contributed by atoms with Gasteiger partial charge in [-0.05, 0) is 25.7 Å². The Hall–Kier alpha value is -0.160. The Bertz CT molecular complexity index is 166. The van der Waals surface area contributed by atoms with Crippen LogP contribution in [0.3, 0.4) is 0 Å². The van der Waals surface area contributed by atoms with Crippen molar-refractivity contribution >= 4 is 0 Å². The van der Waals surface area contributed by atoms with Gasteiger partial charge in [-0.25, -0.2) is 0 Å². The first-order valence-corrected chi connectivity index (χ1v) is 5.95. The number of hydrogen-bond donors (Lipinski definition) is 3. The molecular weight excluding hydrogens is 194 g/mol.